The topological polar surface area (TPSA) is 323 Å². The molecule has 4 saturated carbocycles. The number of fused-ring (bicyclic) bond motifs is 5. The largest absolute Gasteiger partial charge is 0.458 e. The summed E-state index contributed by atoms with van der Waals surface area (Å²) in [6.07, 6.45) is -23.0. The van der Waals surface area contributed by atoms with E-state index in [1.54, 1.807) is 13.0 Å². The maximum Gasteiger partial charge on any atom is 0.331 e. The predicted molar refractivity (Wildman–Crippen MR) is 223 cm³/mol. The molecule has 11 N–H and O–H groups in total. The minimum absolute atomic E-state index is 0.0481. The summed E-state index contributed by atoms with van der Waals surface area (Å²) < 4.78 is 52.1. The fourth-order valence-corrected chi connectivity index (χ4v) is 13.9. The first-order valence-electron chi connectivity index (χ1n) is 24.2. The molecule has 4 saturated heterocycles. The third-order valence-electron chi connectivity index (χ3n) is 18.0. The first-order valence-corrected chi connectivity index (χ1v) is 24.2. The molecular formula is C46H72O21. The number of rotatable bonds is 9. The maximum atomic E-state index is 12.6. The maximum absolute atomic E-state index is 12.6. The van der Waals surface area contributed by atoms with Crippen LogP contribution in [0.5, 0.6) is 0 Å². The average molecular weight is 961 g/mol. The van der Waals surface area contributed by atoms with Crippen molar-refractivity contribution in [1.82, 2.24) is 0 Å². The van der Waals surface area contributed by atoms with E-state index >= 15 is 0 Å². The van der Waals surface area contributed by atoms with Gasteiger partial charge in [0.2, 0.25) is 0 Å². The van der Waals surface area contributed by atoms with Crippen LogP contribution in [-0.4, -0.2) is 203 Å². The Bertz CT molecular complexity index is 1810. The molecule has 67 heavy (non-hydrogen) atoms. The Labute approximate surface area is 388 Å². The van der Waals surface area contributed by atoms with E-state index in [2.05, 4.69) is 13.8 Å². The lowest BCUT2D eigenvalue weighted by Crippen LogP contribution is -2.66. The van der Waals surface area contributed by atoms with E-state index in [1.807, 2.05) is 0 Å². The van der Waals surface area contributed by atoms with Crippen LogP contribution in [-0.2, 0) is 47.4 Å². The zero-order valence-electron chi connectivity index (χ0n) is 38.6. The van der Waals surface area contributed by atoms with Crippen molar-refractivity contribution < 1.29 is 104 Å². The summed E-state index contributed by atoms with van der Waals surface area (Å²) >= 11 is 0. The summed E-state index contributed by atoms with van der Waals surface area (Å²) in [5.74, 6) is 0.531. The van der Waals surface area contributed by atoms with Crippen molar-refractivity contribution in [3.8, 4) is 0 Å². The molecule has 28 atom stereocenters. The third kappa shape index (κ3) is 8.55. The summed E-state index contributed by atoms with van der Waals surface area (Å²) in [4.78, 5) is 12.0. The summed E-state index contributed by atoms with van der Waals surface area (Å²) in [5.41, 5.74) is -0.230. The third-order valence-corrected chi connectivity index (χ3v) is 18.0. The molecule has 0 aromatic rings. The second kappa shape index (κ2) is 18.8. The van der Waals surface area contributed by atoms with Crippen LogP contribution >= 0.6 is 0 Å². The van der Waals surface area contributed by atoms with Gasteiger partial charge in [0.25, 0.3) is 0 Å². The molecule has 0 spiro atoms. The van der Waals surface area contributed by atoms with E-state index in [1.165, 1.54) is 13.8 Å². The number of cyclic esters (lactones) is 1. The molecular weight excluding hydrogens is 888 g/mol. The van der Waals surface area contributed by atoms with Gasteiger partial charge in [-0.05, 0) is 113 Å². The Morgan fingerprint density at radius 2 is 1.07 bits per heavy atom. The van der Waals surface area contributed by atoms with Crippen molar-refractivity contribution in [2.75, 3.05) is 6.61 Å². The summed E-state index contributed by atoms with van der Waals surface area (Å²) in [6.45, 7) is 9.33. The Morgan fingerprint density at radius 1 is 0.552 bits per heavy atom. The SMILES string of the molecule is CC1O[C@@H](OC2[C@@H](O)C(C)O[C@@H](OC3[C@@H](O)C(C)O[C@@H](O[C@H]4CCC5(C)C6CCC7(C)[C@@H](C8=CC(=O)OC8)CC[C@]7(O)[C@@H]6CC[C@@H]5C4)[C@H]3O)[C@H]2O)[C@@H](O)C(O[C@H]2OC(O)[C@@H](O)C(O)C2O)[C@H]1O. The Balaban J connectivity index is 0.831. The van der Waals surface area contributed by atoms with Crippen LogP contribution in [0.15, 0.2) is 11.6 Å². The number of esters is 1. The van der Waals surface area contributed by atoms with Gasteiger partial charge in [0.1, 0.15) is 79.9 Å². The number of hydrogen-bond donors (Lipinski definition) is 11. The number of aliphatic hydroxyl groups excluding tert-OH is 10. The molecule has 9 rings (SSSR count). The quantitative estimate of drug-likeness (QED) is 0.0875. The molecule has 5 heterocycles. The zero-order chi connectivity index (χ0) is 48.2. The Morgan fingerprint density at radius 3 is 1.60 bits per heavy atom. The molecule has 21 nitrogen and oxygen atoms in total. The van der Waals surface area contributed by atoms with Gasteiger partial charge in [-0.2, -0.15) is 0 Å². The molecule has 12 unspecified atom stereocenters. The molecule has 8 fully saturated rings. The molecule has 5 aliphatic heterocycles. The van der Waals surface area contributed by atoms with Crippen LogP contribution in [0, 0.1) is 34.5 Å². The van der Waals surface area contributed by atoms with Gasteiger partial charge in [-0.25, -0.2) is 4.79 Å². The highest BCUT2D eigenvalue weighted by Gasteiger charge is 2.68. The van der Waals surface area contributed by atoms with Crippen LogP contribution in [0.4, 0.5) is 0 Å². The lowest BCUT2D eigenvalue weighted by molar-refractivity contribution is -0.393. The smallest absolute Gasteiger partial charge is 0.331 e. The van der Waals surface area contributed by atoms with Crippen LogP contribution < -0.4 is 0 Å². The van der Waals surface area contributed by atoms with E-state index in [4.69, 9.17) is 42.6 Å². The minimum atomic E-state index is -1.97. The van der Waals surface area contributed by atoms with Gasteiger partial charge in [0.05, 0.1) is 30.0 Å². The van der Waals surface area contributed by atoms with Crippen molar-refractivity contribution in [3.63, 3.8) is 0 Å². The minimum Gasteiger partial charge on any atom is -0.458 e. The number of aliphatic hydroxyl groups is 11. The standard InChI is InChI=1S/C46H72O21/c1-17-27(48)36(65-43-35(56)38(29(50)19(3)62-43)66-42-34(55)37(28(49)18(2)61-42)64-40-32(53)30(51)31(52)39(57)67-40)33(54)41(60-17)63-22-8-11-44(4)21(15-22)6-7-25-24(44)9-12-45(5)23(10-13-46(25,45)58)20-14-26(47)59-16-20/h14,17-19,21-25,27-43,48-58H,6-13,15-16H2,1-5H3/t17?,18?,19?,21-,22+,23-,24?,25-,27+,28+,29+,30?,31+,32?,33+,34+,35+,36?,37?,38?,39?,40+,41+,42+,43+,44?,45?,46+/m1/s1. The van der Waals surface area contributed by atoms with Gasteiger partial charge in [-0.1, -0.05) is 13.8 Å². The normalized spacial score (nSPS) is 56.9. The highest BCUT2D eigenvalue weighted by atomic mass is 16.8. The molecule has 21 heteroatoms. The van der Waals surface area contributed by atoms with Crippen LogP contribution in [0.1, 0.15) is 92.4 Å². The molecule has 0 radical (unpaired) electrons. The van der Waals surface area contributed by atoms with Gasteiger partial charge < -0.3 is 98.8 Å². The molecule has 0 aromatic heterocycles. The monoisotopic (exact) mass is 960 g/mol. The molecule has 0 aromatic carbocycles. The van der Waals surface area contributed by atoms with Crippen LogP contribution in [0.3, 0.4) is 0 Å². The second-order valence-corrected chi connectivity index (χ2v) is 21.6. The van der Waals surface area contributed by atoms with Gasteiger partial charge >= 0.3 is 5.97 Å². The summed E-state index contributed by atoms with van der Waals surface area (Å²) in [7, 11) is 0. The fourth-order valence-electron chi connectivity index (χ4n) is 13.9. The van der Waals surface area contributed by atoms with Gasteiger partial charge in [-0.3, -0.25) is 0 Å². The van der Waals surface area contributed by atoms with E-state index in [0.717, 1.165) is 44.1 Å². The lowest BCUT2D eigenvalue weighted by atomic mass is 9.43. The first kappa shape index (κ1) is 50.4. The molecule has 0 amide bonds. The Kier molecular flexibility index (Phi) is 14.1. The molecule has 0 bridgehead atoms. The summed E-state index contributed by atoms with van der Waals surface area (Å²) in [6, 6.07) is 0. The lowest BCUT2D eigenvalue weighted by Gasteiger charge is -2.64. The number of carbonyl (C=O) groups excluding carboxylic acids is 1. The zero-order valence-corrected chi connectivity index (χ0v) is 38.6. The van der Waals surface area contributed by atoms with Crippen LogP contribution in [0.2, 0.25) is 0 Å². The average Bonchev–Trinajstić information content (AvgIpc) is 3.84. The van der Waals surface area contributed by atoms with E-state index in [0.29, 0.717) is 31.8 Å². The molecule has 382 valence electrons. The highest BCUT2D eigenvalue weighted by molar-refractivity contribution is 5.85. The molecule has 4 aliphatic carbocycles. The van der Waals surface area contributed by atoms with Crippen molar-refractivity contribution in [1.29, 1.82) is 0 Å². The first-order chi connectivity index (χ1) is 31.6. The summed E-state index contributed by atoms with van der Waals surface area (Å²) in [5, 5.41) is 121. The van der Waals surface area contributed by atoms with E-state index in [9.17, 15) is 61.0 Å². The van der Waals surface area contributed by atoms with E-state index < -0.39 is 129 Å². The van der Waals surface area contributed by atoms with Gasteiger partial charge in [0.15, 0.2) is 31.5 Å². The van der Waals surface area contributed by atoms with Gasteiger partial charge in [-0.15, -0.1) is 0 Å². The number of hydrogen-bond acceptors (Lipinski definition) is 21. The fraction of sp³-hybridized carbons (Fsp3) is 0.935. The van der Waals surface area contributed by atoms with Crippen molar-refractivity contribution >= 4 is 5.97 Å². The van der Waals surface area contributed by atoms with Crippen molar-refractivity contribution in [2.24, 2.45) is 34.5 Å². The number of ether oxygens (including phenoxy) is 9. The van der Waals surface area contributed by atoms with Gasteiger partial charge in [0, 0.05) is 11.5 Å². The van der Waals surface area contributed by atoms with Crippen molar-refractivity contribution in [2.45, 2.75) is 227 Å². The van der Waals surface area contributed by atoms with Crippen LogP contribution in [0.25, 0.3) is 0 Å². The predicted octanol–water partition coefficient (Wildman–Crippen LogP) is -2.06. The second-order valence-electron chi connectivity index (χ2n) is 21.6. The number of carbonyl (C=O) groups is 1. The Hall–Kier alpha value is -1.55. The molecule has 9 aliphatic rings. The van der Waals surface area contributed by atoms with E-state index in [-0.39, 0.29) is 40.7 Å². The van der Waals surface area contributed by atoms with Crippen molar-refractivity contribution in [3.05, 3.63) is 11.6 Å². The highest BCUT2D eigenvalue weighted by Crippen LogP contribution is 2.70.